The van der Waals surface area contributed by atoms with Gasteiger partial charge in [0.2, 0.25) is 5.91 Å². The predicted molar refractivity (Wildman–Crippen MR) is 146 cm³/mol. The van der Waals surface area contributed by atoms with E-state index in [4.69, 9.17) is 14.8 Å². The third kappa shape index (κ3) is 6.61. The molecule has 2 aromatic heterocycles. The molecule has 38 heavy (non-hydrogen) atoms. The number of amides is 2. The number of imidazole rings is 1. The number of nitrogens with zero attached hydrogens (tertiary/aromatic N) is 7. The van der Waals surface area contributed by atoms with Crippen molar-refractivity contribution in [1.82, 2.24) is 34.3 Å². The summed E-state index contributed by atoms with van der Waals surface area (Å²) in [5, 5.41) is 8.31. The largest absolute Gasteiger partial charge is 0.444 e. The molecule has 208 valence electrons. The zero-order chi connectivity index (χ0) is 27.4. The molecule has 0 spiro atoms. The molecule has 0 bridgehead atoms. The summed E-state index contributed by atoms with van der Waals surface area (Å²) in [5.41, 5.74) is 1.79. The Kier molecular flexibility index (Phi) is 8.86. The average molecular weight is 527 g/mol. The summed E-state index contributed by atoms with van der Waals surface area (Å²) < 4.78 is 7.67. The van der Waals surface area contributed by atoms with Crippen molar-refractivity contribution in [2.75, 3.05) is 52.1 Å². The molecule has 0 saturated carbocycles. The lowest BCUT2D eigenvalue weighted by Gasteiger charge is -2.32. The van der Waals surface area contributed by atoms with E-state index in [0.29, 0.717) is 45.1 Å². The summed E-state index contributed by atoms with van der Waals surface area (Å²) in [5.74, 6) is 1.97. The van der Waals surface area contributed by atoms with Crippen LogP contribution in [0.25, 0.3) is 5.65 Å². The predicted octanol–water partition coefficient (Wildman–Crippen LogP) is 3.10. The topological polar surface area (TPSA) is 108 Å². The minimum absolute atomic E-state index is 0.0327. The highest BCUT2D eigenvalue weighted by Gasteiger charge is 2.31. The average Bonchev–Trinajstić information content (AvgIpc) is 3.51. The van der Waals surface area contributed by atoms with Gasteiger partial charge in [0.15, 0.2) is 17.3 Å². The zero-order valence-electron chi connectivity index (χ0n) is 23.6. The number of hydrogen-bond donors (Lipinski definition) is 1. The van der Waals surface area contributed by atoms with Crippen LogP contribution in [-0.2, 0) is 9.53 Å². The van der Waals surface area contributed by atoms with Crippen LogP contribution in [-0.4, -0.2) is 105 Å². The monoisotopic (exact) mass is 526 g/mol. The number of piperidine rings is 1. The quantitative estimate of drug-likeness (QED) is 0.523. The first-order valence-electron chi connectivity index (χ1n) is 13.7. The van der Waals surface area contributed by atoms with Gasteiger partial charge in [-0.3, -0.25) is 4.79 Å². The fourth-order valence-corrected chi connectivity index (χ4v) is 4.76. The number of hydrogen-bond acceptors (Lipinski definition) is 8. The lowest BCUT2D eigenvalue weighted by atomic mass is 10.1. The fraction of sp³-hybridized carbons (Fsp3) is 0.667. The molecule has 0 radical (unpaired) electrons. The van der Waals surface area contributed by atoms with Crippen molar-refractivity contribution >= 4 is 23.5 Å². The molecular formula is C27H42N8O3. The van der Waals surface area contributed by atoms with E-state index in [-0.39, 0.29) is 30.1 Å². The first kappa shape index (κ1) is 27.8. The van der Waals surface area contributed by atoms with Crippen LogP contribution >= 0.6 is 0 Å². The maximum Gasteiger partial charge on any atom is 0.410 e. The molecule has 1 N–H and O–H groups in total. The number of nitrogens with one attached hydrogen (secondary N) is 1. The number of rotatable bonds is 8. The SMILES string of the molecule is CC(C)c1nc(NC2CCN(C(=O)OC3CCN(C(=O)/C=C/CN(C)C)C3)CC2)c2ncc(C(C)C)n2n1. The maximum absolute atomic E-state index is 12.8. The third-order valence-corrected chi connectivity index (χ3v) is 7.06. The van der Waals surface area contributed by atoms with E-state index in [2.05, 4.69) is 38.0 Å². The van der Waals surface area contributed by atoms with Gasteiger partial charge in [-0.1, -0.05) is 33.8 Å². The number of anilines is 1. The van der Waals surface area contributed by atoms with Crippen molar-refractivity contribution in [3.8, 4) is 0 Å². The van der Waals surface area contributed by atoms with Crippen LogP contribution in [0, 0.1) is 0 Å². The molecule has 0 aromatic carbocycles. The number of fused-ring (bicyclic) bond motifs is 1. The van der Waals surface area contributed by atoms with Gasteiger partial charge >= 0.3 is 6.09 Å². The van der Waals surface area contributed by atoms with Crippen molar-refractivity contribution < 1.29 is 14.3 Å². The van der Waals surface area contributed by atoms with Crippen molar-refractivity contribution in [2.45, 2.75) is 70.9 Å². The minimum atomic E-state index is -0.299. The molecule has 2 aliphatic rings. The van der Waals surface area contributed by atoms with Gasteiger partial charge in [0.1, 0.15) is 6.10 Å². The van der Waals surface area contributed by atoms with Gasteiger partial charge in [-0.05, 0) is 32.9 Å². The van der Waals surface area contributed by atoms with Crippen LogP contribution in [0.3, 0.4) is 0 Å². The molecule has 1 atom stereocenters. The first-order chi connectivity index (χ1) is 18.1. The third-order valence-electron chi connectivity index (χ3n) is 7.06. The van der Waals surface area contributed by atoms with Crippen molar-refractivity contribution in [3.05, 3.63) is 29.9 Å². The lowest BCUT2D eigenvalue weighted by Crippen LogP contribution is -2.44. The molecule has 2 aliphatic heterocycles. The van der Waals surface area contributed by atoms with Gasteiger partial charge < -0.3 is 24.8 Å². The summed E-state index contributed by atoms with van der Waals surface area (Å²) >= 11 is 0. The molecule has 2 aromatic rings. The normalized spacial score (nSPS) is 19.0. The van der Waals surface area contributed by atoms with Crippen LogP contribution < -0.4 is 5.32 Å². The molecule has 2 saturated heterocycles. The number of ether oxygens (including phenoxy) is 1. The molecule has 1 unspecified atom stereocenters. The molecule has 0 aliphatic carbocycles. The van der Waals surface area contributed by atoms with E-state index in [1.165, 1.54) is 0 Å². The summed E-state index contributed by atoms with van der Waals surface area (Å²) in [6.45, 7) is 11.4. The fourth-order valence-electron chi connectivity index (χ4n) is 4.76. The van der Waals surface area contributed by atoms with Crippen LogP contribution in [0.4, 0.5) is 10.6 Å². The second-order valence-electron chi connectivity index (χ2n) is 11.2. The number of carbonyl (C=O) groups excluding carboxylic acids is 2. The van der Waals surface area contributed by atoms with Crippen LogP contribution in [0.2, 0.25) is 0 Å². The second-order valence-corrected chi connectivity index (χ2v) is 11.2. The second kappa shape index (κ2) is 12.1. The van der Waals surface area contributed by atoms with Crippen molar-refractivity contribution in [3.63, 3.8) is 0 Å². The molecule has 2 fully saturated rings. The lowest BCUT2D eigenvalue weighted by molar-refractivity contribution is -0.125. The Balaban J connectivity index is 1.30. The first-order valence-corrected chi connectivity index (χ1v) is 13.7. The molecular weight excluding hydrogens is 484 g/mol. The van der Waals surface area contributed by atoms with Crippen LogP contribution in [0.15, 0.2) is 18.3 Å². The highest BCUT2D eigenvalue weighted by atomic mass is 16.6. The minimum Gasteiger partial charge on any atom is -0.444 e. The van der Waals surface area contributed by atoms with E-state index >= 15 is 0 Å². The highest BCUT2D eigenvalue weighted by Crippen LogP contribution is 2.24. The van der Waals surface area contributed by atoms with Gasteiger partial charge in [-0.15, -0.1) is 0 Å². The van der Waals surface area contributed by atoms with E-state index in [0.717, 1.165) is 35.8 Å². The maximum atomic E-state index is 12.8. The Morgan fingerprint density at radius 3 is 2.47 bits per heavy atom. The Bertz CT molecular complexity index is 1150. The van der Waals surface area contributed by atoms with Gasteiger partial charge in [-0.25, -0.2) is 19.3 Å². The van der Waals surface area contributed by atoms with Crippen LogP contribution in [0.1, 0.15) is 70.3 Å². The van der Waals surface area contributed by atoms with E-state index in [9.17, 15) is 9.59 Å². The summed E-state index contributed by atoms with van der Waals surface area (Å²) in [7, 11) is 3.91. The van der Waals surface area contributed by atoms with Gasteiger partial charge in [-0.2, -0.15) is 5.10 Å². The molecule has 4 heterocycles. The van der Waals surface area contributed by atoms with Crippen LogP contribution in [0.5, 0.6) is 0 Å². The zero-order valence-corrected chi connectivity index (χ0v) is 23.6. The summed E-state index contributed by atoms with van der Waals surface area (Å²) in [6.07, 6.45) is 7.01. The Labute approximate surface area is 225 Å². The number of likely N-dealkylation sites (N-methyl/N-ethyl adjacent to an activating group) is 1. The standard InChI is InChI=1S/C27H42N8O3/c1-18(2)22-16-28-26-25(30-24(19(3)4)31-35(22)26)29-20-9-13-33(14-10-20)27(37)38-21-11-15-34(17-21)23(36)8-7-12-32(5)6/h7-8,16,18-21H,9-15,17H2,1-6H3,(H,29,30,31)/b8-7+. The number of carbonyl (C=O) groups is 2. The highest BCUT2D eigenvalue weighted by molar-refractivity contribution is 5.87. The number of aromatic nitrogens is 4. The molecule has 4 rings (SSSR count). The smallest absolute Gasteiger partial charge is 0.410 e. The molecule has 2 amide bonds. The number of likely N-dealkylation sites (tertiary alicyclic amines) is 2. The van der Waals surface area contributed by atoms with Crippen molar-refractivity contribution in [2.24, 2.45) is 0 Å². The van der Waals surface area contributed by atoms with E-state index < -0.39 is 0 Å². The Morgan fingerprint density at radius 1 is 1.11 bits per heavy atom. The summed E-state index contributed by atoms with van der Waals surface area (Å²) in [6, 6.07) is 0.172. The van der Waals surface area contributed by atoms with E-state index in [1.807, 2.05) is 35.8 Å². The Morgan fingerprint density at radius 2 is 1.82 bits per heavy atom. The van der Waals surface area contributed by atoms with E-state index in [1.54, 1.807) is 15.9 Å². The van der Waals surface area contributed by atoms with Gasteiger partial charge in [0.05, 0.1) is 18.4 Å². The van der Waals surface area contributed by atoms with Gasteiger partial charge in [0, 0.05) is 50.6 Å². The Hall–Kier alpha value is -3.21. The molecule has 11 nitrogen and oxygen atoms in total. The van der Waals surface area contributed by atoms with Crippen molar-refractivity contribution in [1.29, 1.82) is 0 Å². The van der Waals surface area contributed by atoms with Gasteiger partial charge in [0.25, 0.3) is 0 Å². The molecule has 11 heteroatoms. The summed E-state index contributed by atoms with van der Waals surface area (Å²) in [4.78, 5) is 40.1.